The molecule has 0 spiro atoms. The topological polar surface area (TPSA) is 19.9 Å². The summed E-state index contributed by atoms with van der Waals surface area (Å²) in [5.74, 6) is 0. The minimum absolute atomic E-state index is 0.0806. The van der Waals surface area contributed by atoms with Crippen LogP contribution in [0.4, 0.5) is 0 Å². The van der Waals surface area contributed by atoms with Crippen molar-refractivity contribution in [3.8, 4) is 0 Å². The number of hydrogen-bond donors (Lipinski definition) is 0. The summed E-state index contributed by atoms with van der Waals surface area (Å²) in [6.45, 7) is 6.55. The van der Waals surface area contributed by atoms with Gasteiger partial charge >= 0.3 is 0 Å². The quantitative estimate of drug-likeness (QED) is 0.526. The molecule has 0 rings (SSSR count). The fourth-order valence-electron chi connectivity index (χ4n) is 0.602. The van der Waals surface area contributed by atoms with Crippen LogP contribution in [0.5, 0.6) is 0 Å². The molecule has 0 aliphatic heterocycles. The van der Waals surface area contributed by atoms with Crippen LogP contribution in [0.3, 0.4) is 0 Å². The number of rotatable bonds is 2. The summed E-state index contributed by atoms with van der Waals surface area (Å²) in [4.78, 5) is 0. The van der Waals surface area contributed by atoms with E-state index in [0.717, 1.165) is 12.8 Å². The minimum atomic E-state index is 0.0806. The second kappa shape index (κ2) is 3.08. The van der Waals surface area contributed by atoms with Gasteiger partial charge in [0.2, 0.25) is 0 Å². The molecule has 0 heterocycles. The summed E-state index contributed by atoms with van der Waals surface area (Å²) in [7, 11) is 0. The molecule has 0 unspecified atom stereocenters. The molecule has 0 aromatic carbocycles. The van der Waals surface area contributed by atoms with Gasteiger partial charge in [0.1, 0.15) is 0 Å². The lowest BCUT2D eigenvalue weighted by Crippen LogP contribution is -2.04. The molecule has 49 valence electrons. The van der Waals surface area contributed by atoms with Gasteiger partial charge in [-0.05, 0) is 18.3 Å². The first-order chi connectivity index (χ1) is 3.56. The monoisotopic (exact) mass is 115 g/mol. The number of hydrogen-bond acceptors (Lipinski definition) is 0. The maximum absolute atomic E-state index is 9.98. The first-order valence-corrected chi connectivity index (χ1v) is 3.14. The third kappa shape index (κ3) is 5.96. The lowest BCUT2D eigenvalue weighted by molar-refractivity contribution is 0.172. The predicted octanol–water partition coefficient (Wildman–Crippen LogP) is 2.24. The smallest absolute Gasteiger partial charge is 0.0822 e. The Hall–Kier alpha value is -0.0400. The van der Waals surface area contributed by atoms with Crippen molar-refractivity contribution in [3.05, 3.63) is 0 Å². The van der Waals surface area contributed by atoms with Crippen LogP contribution in [0.25, 0.3) is 0 Å². The van der Waals surface area contributed by atoms with E-state index in [0.29, 0.717) is 5.41 Å². The van der Waals surface area contributed by atoms with Gasteiger partial charge in [0, 0.05) is 0 Å². The van der Waals surface area contributed by atoms with Gasteiger partial charge in [0.05, 0.1) is 6.61 Å². The summed E-state index contributed by atoms with van der Waals surface area (Å²) in [5, 5.41) is 9.98. The molecule has 0 N–H and O–H groups in total. The van der Waals surface area contributed by atoms with Crippen LogP contribution < -0.4 is 0 Å². The second-order valence-electron chi connectivity index (χ2n) is 3.37. The minimum Gasteiger partial charge on any atom is -0.237 e. The molecule has 0 aromatic heterocycles. The van der Waals surface area contributed by atoms with E-state index in [9.17, 15) is 5.11 Å². The van der Waals surface area contributed by atoms with E-state index in [2.05, 4.69) is 20.8 Å². The van der Waals surface area contributed by atoms with Crippen LogP contribution in [0.2, 0.25) is 0 Å². The van der Waals surface area contributed by atoms with Gasteiger partial charge in [0.15, 0.2) is 0 Å². The molecule has 1 radical (unpaired) electrons. The fourth-order valence-corrected chi connectivity index (χ4v) is 0.602. The van der Waals surface area contributed by atoms with Crippen LogP contribution >= 0.6 is 0 Å². The zero-order valence-corrected chi connectivity index (χ0v) is 6.03. The Morgan fingerprint density at radius 3 is 1.88 bits per heavy atom. The van der Waals surface area contributed by atoms with Crippen molar-refractivity contribution in [1.29, 1.82) is 0 Å². The van der Waals surface area contributed by atoms with Gasteiger partial charge in [0.25, 0.3) is 0 Å². The maximum Gasteiger partial charge on any atom is 0.0822 e. The normalized spacial score (nSPS) is 12.0. The lowest BCUT2D eigenvalue weighted by atomic mass is 9.91. The lowest BCUT2D eigenvalue weighted by Gasteiger charge is -2.15. The third-order valence-electron chi connectivity index (χ3n) is 1.07. The van der Waals surface area contributed by atoms with E-state index in [1.807, 2.05) is 0 Å². The van der Waals surface area contributed by atoms with E-state index < -0.39 is 0 Å². The molecule has 0 saturated carbocycles. The average Bonchev–Trinajstić information content (AvgIpc) is 1.59. The molecular formula is C7H15O. The van der Waals surface area contributed by atoms with Gasteiger partial charge in [-0.2, -0.15) is 0 Å². The summed E-state index contributed by atoms with van der Waals surface area (Å²) in [6, 6.07) is 0. The zero-order chi connectivity index (χ0) is 6.62. The van der Waals surface area contributed by atoms with E-state index in [1.54, 1.807) is 0 Å². The first-order valence-electron chi connectivity index (χ1n) is 3.14. The van der Waals surface area contributed by atoms with Crippen molar-refractivity contribution in [2.24, 2.45) is 5.41 Å². The van der Waals surface area contributed by atoms with Crippen molar-refractivity contribution in [3.63, 3.8) is 0 Å². The highest BCUT2D eigenvalue weighted by atomic mass is 16.2. The molecule has 1 nitrogen and oxygen atoms in total. The van der Waals surface area contributed by atoms with Gasteiger partial charge in [-0.25, -0.2) is 5.11 Å². The SMILES string of the molecule is CC(C)(C)CCC[O]. The summed E-state index contributed by atoms with van der Waals surface area (Å²) in [5.41, 5.74) is 0.352. The molecule has 1 heteroatoms. The Kier molecular flexibility index (Phi) is 3.06. The standard InChI is InChI=1S/C7H15O/c1-7(2,3)5-4-6-8/h4-6H2,1-3H3. The molecule has 0 aromatic rings. The highest BCUT2D eigenvalue weighted by Gasteiger charge is 2.07. The first kappa shape index (κ1) is 7.96. The van der Waals surface area contributed by atoms with Crippen molar-refractivity contribution in [1.82, 2.24) is 0 Å². The van der Waals surface area contributed by atoms with E-state index in [1.165, 1.54) is 0 Å². The molecule has 0 amide bonds. The summed E-state index contributed by atoms with van der Waals surface area (Å²) < 4.78 is 0. The van der Waals surface area contributed by atoms with Crippen LogP contribution in [-0.4, -0.2) is 6.61 Å². The fraction of sp³-hybridized carbons (Fsp3) is 1.00. The molecule has 0 saturated heterocycles. The molecular weight excluding hydrogens is 100 g/mol. The van der Waals surface area contributed by atoms with Crippen molar-refractivity contribution in [2.45, 2.75) is 33.6 Å². The van der Waals surface area contributed by atoms with Crippen LogP contribution in [-0.2, 0) is 5.11 Å². The molecule has 0 fully saturated rings. The molecule has 0 aliphatic carbocycles. The maximum atomic E-state index is 9.98. The van der Waals surface area contributed by atoms with E-state index in [-0.39, 0.29) is 6.61 Å². The predicted molar refractivity (Wildman–Crippen MR) is 34.2 cm³/mol. The highest BCUT2D eigenvalue weighted by Crippen LogP contribution is 2.19. The Balaban J connectivity index is 3.11. The molecule has 0 aliphatic rings. The second-order valence-corrected chi connectivity index (χ2v) is 3.37. The van der Waals surface area contributed by atoms with E-state index >= 15 is 0 Å². The van der Waals surface area contributed by atoms with E-state index in [4.69, 9.17) is 0 Å². The van der Waals surface area contributed by atoms with Gasteiger partial charge in [-0.1, -0.05) is 20.8 Å². The Labute approximate surface area is 51.7 Å². The average molecular weight is 115 g/mol. The Morgan fingerprint density at radius 1 is 1.25 bits per heavy atom. The summed E-state index contributed by atoms with van der Waals surface area (Å²) in [6.07, 6.45) is 1.88. The molecule has 0 atom stereocenters. The van der Waals surface area contributed by atoms with Gasteiger partial charge in [-0.15, -0.1) is 0 Å². The molecule has 0 bridgehead atoms. The van der Waals surface area contributed by atoms with Crippen molar-refractivity contribution in [2.75, 3.05) is 6.61 Å². The van der Waals surface area contributed by atoms with Crippen molar-refractivity contribution >= 4 is 0 Å². The van der Waals surface area contributed by atoms with Gasteiger partial charge < -0.3 is 0 Å². The summed E-state index contributed by atoms with van der Waals surface area (Å²) >= 11 is 0. The Bertz CT molecular complexity index is 51.9. The van der Waals surface area contributed by atoms with Gasteiger partial charge in [-0.3, -0.25) is 0 Å². The highest BCUT2D eigenvalue weighted by molar-refractivity contribution is 4.59. The third-order valence-corrected chi connectivity index (χ3v) is 1.07. The van der Waals surface area contributed by atoms with Crippen molar-refractivity contribution < 1.29 is 5.11 Å². The largest absolute Gasteiger partial charge is 0.237 e. The molecule has 8 heavy (non-hydrogen) atoms. The van der Waals surface area contributed by atoms with Crippen LogP contribution in [0, 0.1) is 5.41 Å². The zero-order valence-electron chi connectivity index (χ0n) is 6.03. The van der Waals surface area contributed by atoms with Crippen LogP contribution in [0.15, 0.2) is 0 Å². The Morgan fingerprint density at radius 2 is 1.75 bits per heavy atom. The van der Waals surface area contributed by atoms with Crippen LogP contribution in [0.1, 0.15) is 33.6 Å².